The summed E-state index contributed by atoms with van der Waals surface area (Å²) in [6, 6.07) is 2.82. The molecule has 0 heterocycles. The summed E-state index contributed by atoms with van der Waals surface area (Å²) in [5.74, 6) is -0.971. The van der Waals surface area contributed by atoms with E-state index >= 15 is 0 Å². The highest BCUT2D eigenvalue weighted by atomic mass is 35.5. The second kappa shape index (κ2) is 7.31. The van der Waals surface area contributed by atoms with Crippen LogP contribution in [0.25, 0.3) is 0 Å². The Morgan fingerprint density at radius 2 is 1.90 bits per heavy atom. The molecule has 0 spiro atoms. The van der Waals surface area contributed by atoms with Crippen molar-refractivity contribution in [1.82, 2.24) is 0 Å². The number of ether oxygens (including phenoxy) is 1. The Balaban J connectivity index is 2.92. The minimum Gasteiger partial charge on any atom is -0.399 e. The minimum atomic E-state index is -3.62. The van der Waals surface area contributed by atoms with Crippen LogP contribution in [-0.2, 0) is 19.4 Å². The van der Waals surface area contributed by atoms with Crippen LogP contribution >= 0.6 is 23.2 Å². The van der Waals surface area contributed by atoms with Crippen LogP contribution in [0.1, 0.15) is 6.92 Å². The molecule has 9 heteroatoms. The lowest BCUT2D eigenvalue weighted by molar-refractivity contribution is -0.115. The average molecular weight is 355 g/mol. The highest BCUT2D eigenvalue weighted by molar-refractivity contribution is 7.92. The third kappa shape index (κ3) is 4.74. The summed E-state index contributed by atoms with van der Waals surface area (Å²) < 4.78 is 28.5. The molecule has 0 fully saturated rings. The van der Waals surface area contributed by atoms with Crippen molar-refractivity contribution in [1.29, 1.82) is 0 Å². The normalized spacial score (nSPS) is 13.0. The number of hydrogen-bond acceptors (Lipinski definition) is 5. The highest BCUT2D eigenvalue weighted by Crippen LogP contribution is 2.33. The lowest BCUT2D eigenvalue weighted by Crippen LogP contribution is -2.35. The molecule has 21 heavy (non-hydrogen) atoms. The maximum absolute atomic E-state index is 12.0. The van der Waals surface area contributed by atoms with Crippen molar-refractivity contribution in [2.45, 2.75) is 12.2 Å². The van der Waals surface area contributed by atoms with Gasteiger partial charge in [0, 0.05) is 12.8 Å². The number of nitrogens with one attached hydrogen (secondary N) is 1. The van der Waals surface area contributed by atoms with Crippen LogP contribution in [0, 0.1) is 0 Å². The fraction of sp³-hybridized carbons (Fsp3) is 0.417. The number of anilines is 2. The van der Waals surface area contributed by atoms with Crippen molar-refractivity contribution in [2.24, 2.45) is 0 Å². The third-order valence-electron chi connectivity index (χ3n) is 2.79. The first-order chi connectivity index (χ1) is 9.69. The number of rotatable bonds is 6. The van der Waals surface area contributed by atoms with E-state index in [0.29, 0.717) is 5.69 Å². The first-order valence-electron chi connectivity index (χ1n) is 5.95. The fourth-order valence-corrected chi connectivity index (χ4v) is 3.21. The van der Waals surface area contributed by atoms with Gasteiger partial charge in [-0.1, -0.05) is 23.2 Å². The predicted octanol–water partition coefficient (Wildman–Crippen LogP) is 1.96. The van der Waals surface area contributed by atoms with Crippen LogP contribution in [-0.4, -0.2) is 39.0 Å². The summed E-state index contributed by atoms with van der Waals surface area (Å²) >= 11 is 11.9. The second-order valence-electron chi connectivity index (χ2n) is 4.35. The molecule has 1 aromatic carbocycles. The molecule has 0 aliphatic rings. The number of benzene rings is 1. The van der Waals surface area contributed by atoms with Crippen LogP contribution in [0.15, 0.2) is 12.1 Å². The van der Waals surface area contributed by atoms with E-state index in [4.69, 9.17) is 33.7 Å². The van der Waals surface area contributed by atoms with E-state index in [0.717, 1.165) is 0 Å². The van der Waals surface area contributed by atoms with Crippen LogP contribution < -0.4 is 11.1 Å². The first kappa shape index (κ1) is 18.0. The number of carbonyl (C=O) groups is 1. The standard InChI is InChI=1S/C12H16Cl2N2O4S/c1-7(21(18,19)4-3-20-2)12(17)16-11-9(13)5-8(15)6-10(11)14/h5-7H,3-4,15H2,1-2H3,(H,16,17). The minimum absolute atomic E-state index is 0.0172. The number of amides is 1. The molecule has 0 aliphatic heterocycles. The Bertz CT molecular complexity index is 611. The number of nitrogens with two attached hydrogens (primary N) is 1. The zero-order valence-corrected chi connectivity index (χ0v) is 13.8. The third-order valence-corrected chi connectivity index (χ3v) is 5.42. The van der Waals surface area contributed by atoms with Gasteiger partial charge in [0.2, 0.25) is 5.91 Å². The smallest absolute Gasteiger partial charge is 0.242 e. The molecular weight excluding hydrogens is 339 g/mol. The summed E-state index contributed by atoms with van der Waals surface area (Å²) in [5.41, 5.74) is 6.02. The van der Waals surface area contributed by atoms with Crippen LogP contribution in [0.4, 0.5) is 11.4 Å². The van der Waals surface area contributed by atoms with Crippen molar-refractivity contribution in [2.75, 3.05) is 30.5 Å². The summed E-state index contributed by atoms with van der Waals surface area (Å²) in [4.78, 5) is 12.0. The number of sulfone groups is 1. The number of carbonyl (C=O) groups excluding carboxylic acids is 1. The van der Waals surface area contributed by atoms with E-state index in [1.165, 1.54) is 26.2 Å². The Hall–Kier alpha value is -1.02. The van der Waals surface area contributed by atoms with Gasteiger partial charge in [0.15, 0.2) is 9.84 Å². The van der Waals surface area contributed by atoms with Crippen molar-refractivity contribution in [3.05, 3.63) is 22.2 Å². The molecule has 0 radical (unpaired) electrons. The maximum atomic E-state index is 12.0. The topological polar surface area (TPSA) is 98.5 Å². The molecule has 0 aliphatic carbocycles. The fourth-order valence-electron chi connectivity index (χ4n) is 1.48. The molecule has 1 atom stereocenters. The zero-order valence-electron chi connectivity index (χ0n) is 11.5. The van der Waals surface area contributed by atoms with Crippen LogP contribution in [0.3, 0.4) is 0 Å². The average Bonchev–Trinajstić information content (AvgIpc) is 2.39. The van der Waals surface area contributed by atoms with Gasteiger partial charge >= 0.3 is 0 Å². The zero-order chi connectivity index (χ0) is 16.2. The van der Waals surface area contributed by atoms with Gasteiger partial charge in [-0.05, 0) is 19.1 Å². The lowest BCUT2D eigenvalue weighted by atomic mass is 10.2. The van der Waals surface area contributed by atoms with E-state index in [1.54, 1.807) is 0 Å². The quantitative estimate of drug-likeness (QED) is 0.760. The van der Waals surface area contributed by atoms with E-state index in [-0.39, 0.29) is 28.1 Å². The Morgan fingerprint density at radius 3 is 2.38 bits per heavy atom. The van der Waals surface area contributed by atoms with E-state index in [2.05, 4.69) is 5.32 Å². The van der Waals surface area contributed by atoms with Gasteiger partial charge in [-0.2, -0.15) is 0 Å². The SMILES string of the molecule is COCCS(=O)(=O)C(C)C(=O)Nc1c(Cl)cc(N)cc1Cl. The van der Waals surface area contributed by atoms with Gasteiger partial charge < -0.3 is 15.8 Å². The molecule has 0 saturated heterocycles. The van der Waals surface area contributed by atoms with Crippen molar-refractivity contribution in [3.63, 3.8) is 0 Å². The molecular formula is C12H16Cl2N2O4S. The molecule has 1 unspecified atom stereocenters. The van der Waals surface area contributed by atoms with Crippen LogP contribution in [0.5, 0.6) is 0 Å². The second-order valence-corrected chi connectivity index (χ2v) is 7.61. The van der Waals surface area contributed by atoms with E-state index in [1.807, 2.05) is 0 Å². The molecule has 0 aromatic heterocycles. The molecule has 1 rings (SSSR count). The molecule has 118 valence electrons. The predicted molar refractivity (Wildman–Crippen MR) is 84.6 cm³/mol. The summed E-state index contributed by atoms with van der Waals surface area (Å²) in [5, 5.41) is 1.43. The largest absolute Gasteiger partial charge is 0.399 e. The number of hydrogen-bond donors (Lipinski definition) is 2. The number of methoxy groups -OCH3 is 1. The maximum Gasteiger partial charge on any atom is 0.242 e. The highest BCUT2D eigenvalue weighted by Gasteiger charge is 2.28. The van der Waals surface area contributed by atoms with Gasteiger partial charge in [0.1, 0.15) is 5.25 Å². The van der Waals surface area contributed by atoms with Gasteiger partial charge in [0.05, 0.1) is 28.1 Å². The number of nitrogen functional groups attached to an aromatic ring is 1. The molecule has 0 saturated carbocycles. The first-order valence-corrected chi connectivity index (χ1v) is 8.42. The van der Waals surface area contributed by atoms with Gasteiger partial charge in [-0.3, -0.25) is 4.79 Å². The van der Waals surface area contributed by atoms with Crippen molar-refractivity contribution < 1.29 is 17.9 Å². The van der Waals surface area contributed by atoms with Gasteiger partial charge in [-0.25, -0.2) is 8.42 Å². The number of halogens is 2. The van der Waals surface area contributed by atoms with Crippen molar-refractivity contribution in [3.8, 4) is 0 Å². The Morgan fingerprint density at radius 1 is 1.38 bits per heavy atom. The summed E-state index contributed by atoms with van der Waals surface area (Å²) in [6.07, 6.45) is 0. The van der Waals surface area contributed by atoms with Gasteiger partial charge in [-0.15, -0.1) is 0 Å². The lowest BCUT2D eigenvalue weighted by Gasteiger charge is -2.15. The monoisotopic (exact) mass is 354 g/mol. The molecule has 6 nitrogen and oxygen atoms in total. The van der Waals surface area contributed by atoms with Gasteiger partial charge in [0.25, 0.3) is 0 Å². The van der Waals surface area contributed by atoms with E-state index < -0.39 is 21.0 Å². The van der Waals surface area contributed by atoms with Crippen LogP contribution in [0.2, 0.25) is 10.0 Å². The Labute approximate surface area is 133 Å². The molecule has 1 aromatic rings. The molecule has 3 N–H and O–H groups in total. The molecule has 1 amide bonds. The summed E-state index contributed by atoms with van der Waals surface area (Å²) in [6.45, 7) is 1.31. The Kier molecular flexibility index (Phi) is 6.27. The van der Waals surface area contributed by atoms with Crippen molar-refractivity contribution >= 4 is 50.3 Å². The molecule has 0 bridgehead atoms. The summed E-state index contributed by atoms with van der Waals surface area (Å²) in [7, 11) is -2.24. The van der Waals surface area contributed by atoms with E-state index in [9.17, 15) is 13.2 Å².